The van der Waals surface area contributed by atoms with E-state index in [0.29, 0.717) is 11.6 Å². The fraction of sp³-hybridized carbons (Fsp3) is 0.250. The van der Waals surface area contributed by atoms with E-state index >= 15 is 0 Å². The van der Waals surface area contributed by atoms with Crippen molar-refractivity contribution in [1.82, 2.24) is 4.31 Å². The molecule has 0 spiro atoms. The first-order valence-corrected chi connectivity index (χ1v) is 10.4. The van der Waals surface area contributed by atoms with Gasteiger partial charge in [0, 0.05) is 14.1 Å². The third-order valence-electron chi connectivity index (χ3n) is 3.70. The molecule has 27 heavy (non-hydrogen) atoms. The van der Waals surface area contributed by atoms with Crippen LogP contribution in [0.4, 0.5) is 18.9 Å². The molecular weight excluding hydrogens is 405 g/mol. The van der Waals surface area contributed by atoms with Crippen molar-refractivity contribution < 1.29 is 30.0 Å². The predicted molar refractivity (Wildman–Crippen MR) is 94.3 cm³/mol. The fourth-order valence-corrected chi connectivity index (χ4v) is 4.22. The third-order valence-corrected chi connectivity index (χ3v) is 6.88. The van der Waals surface area contributed by atoms with E-state index in [1.165, 1.54) is 33.2 Å². The van der Waals surface area contributed by atoms with Gasteiger partial charge in [-0.3, -0.25) is 4.72 Å². The van der Waals surface area contributed by atoms with Gasteiger partial charge in [-0.15, -0.1) is 0 Å². The Bertz CT molecular complexity index is 1060. The van der Waals surface area contributed by atoms with E-state index in [0.717, 1.165) is 28.6 Å². The first kappa shape index (κ1) is 21.2. The predicted octanol–water partition coefficient (Wildman–Crippen LogP) is 3.06. The van der Waals surface area contributed by atoms with Crippen LogP contribution in [0.25, 0.3) is 0 Å². The standard InChI is InChI=1S/C16H17F3N2O4S2/c1-11-7-8-14(27(24,25)21(2)3)10-15(11)20-26(22,23)13-6-4-5-12(9-13)16(17,18)19/h4-10,20H,1-3H3. The number of rotatable bonds is 5. The Morgan fingerprint density at radius 3 is 2.11 bits per heavy atom. The van der Waals surface area contributed by atoms with Gasteiger partial charge in [-0.25, -0.2) is 21.1 Å². The molecule has 0 heterocycles. The summed E-state index contributed by atoms with van der Waals surface area (Å²) >= 11 is 0. The molecule has 0 saturated carbocycles. The molecule has 0 fully saturated rings. The summed E-state index contributed by atoms with van der Waals surface area (Å²) in [5.74, 6) is 0. The lowest BCUT2D eigenvalue weighted by molar-refractivity contribution is -0.137. The van der Waals surface area contributed by atoms with Crippen LogP contribution in [0.1, 0.15) is 11.1 Å². The van der Waals surface area contributed by atoms with Crippen LogP contribution < -0.4 is 4.72 Å². The van der Waals surface area contributed by atoms with E-state index in [4.69, 9.17) is 0 Å². The summed E-state index contributed by atoms with van der Waals surface area (Å²) in [4.78, 5) is -0.738. The highest BCUT2D eigenvalue weighted by atomic mass is 32.2. The zero-order chi connectivity index (χ0) is 20.6. The second kappa shape index (κ2) is 7.13. The maximum atomic E-state index is 12.8. The molecule has 11 heteroatoms. The molecule has 0 radical (unpaired) electrons. The maximum Gasteiger partial charge on any atom is 0.416 e. The molecule has 0 amide bonds. The zero-order valence-electron chi connectivity index (χ0n) is 14.6. The molecule has 148 valence electrons. The van der Waals surface area contributed by atoms with Crippen LogP contribution in [0.15, 0.2) is 52.3 Å². The molecule has 6 nitrogen and oxygen atoms in total. The molecule has 0 aromatic heterocycles. The Morgan fingerprint density at radius 1 is 0.926 bits per heavy atom. The molecule has 0 aliphatic carbocycles. The summed E-state index contributed by atoms with van der Waals surface area (Å²) in [7, 11) is -5.53. The lowest BCUT2D eigenvalue weighted by Gasteiger charge is -2.15. The summed E-state index contributed by atoms with van der Waals surface area (Å²) in [6.45, 7) is 1.54. The summed E-state index contributed by atoms with van der Waals surface area (Å²) in [5.41, 5.74) is -0.746. The van der Waals surface area contributed by atoms with Gasteiger partial charge in [0.15, 0.2) is 0 Å². The van der Waals surface area contributed by atoms with Crippen molar-refractivity contribution in [2.75, 3.05) is 18.8 Å². The van der Waals surface area contributed by atoms with Crippen LogP contribution in [0.2, 0.25) is 0 Å². The maximum absolute atomic E-state index is 12.8. The number of anilines is 1. The Labute approximate surface area is 155 Å². The number of sulfonamides is 2. The smallest absolute Gasteiger partial charge is 0.279 e. The third kappa shape index (κ3) is 4.60. The number of aryl methyl sites for hydroxylation is 1. The molecule has 2 rings (SSSR count). The first-order valence-electron chi connectivity index (χ1n) is 7.48. The van der Waals surface area contributed by atoms with Crippen molar-refractivity contribution in [1.29, 1.82) is 0 Å². The van der Waals surface area contributed by atoms with Gasteiger partial charge in [-0.2, -0.15) is 13.2 Å². The van der Waals surface area contributed by atoms with Gasteiger partial charge in [-0.1, -0.05) is 12.1 Å². The summed E-state index contributed by atoms with van der Waals surface area (Å²) in [6, 6.07) is 7.11. The number of nitrogens with zero attached hydrogens (tertiary/aromatic N) is 1. The quantitative estimate of drug-likeness (QED) is 0.803. The van der Waals surface area contributed by atoms with Crippen LogP contribution in [0, 0.1) is 6.92 Å². The number of nitrogens with one attached hydrogen (secondary N) is 1. The van der Waals surface area contributed by atoms with Gasteiger partial charge >= 0.3 is 6.18 Å². The minimum atomic E-state index is -4.69. The van der Waals surface area contributed by atoms with Gasteiger partial charge < -0.3 is 0 Å². The molecular formula is C16H17F3N2O4S2. The molecule has 2 aromatic rings. The molecule has 1 N–H and O–H groups in total. The van der Waals surface area contributed by atoms with Crippen LogP contribution >= 0.6 is 0 Å². The number of halogens is 3. The molecule has 0 atom stereocenters. The largest absolute Gasteiger partial charge is 0.416 e. The van der Waals surface area contributed by atoms with Gasteiger partial charge in [0.05, 0.1) is 21.0 Å². The fourth-order valence-electron chi connectivity index (χ4n) is 2.13. The average Bonchev–Trinajstić information content (AvgIpc) is 2.55. The van der Waals surface area contributed by atoms with E-state index in [1.807, 2.05) is 0 Å². The van der Waals surface area contributed by atoms with E-state index in [-0.39, 0.29) is 10.6 Å². The SMILES string of the molecule is Cc1ccc(S(=O)(=O)N(C)C)cc1NS(=O)(=O)c1cccc(C(F)(F)F)c1. The summed E-state index contributed by atoms with van der Waals surface area (Å²) in [5, 5.41) is 0. The minimum absolute atomic E-state index is 0.0460. The number of benzene rings is 2. The van der Waals surface area contributed by atoms with Gasteiger partial charge in [-0.05, 0) is 42.8 Å². The summed E-state index contributed by atoms with van der Waals surface area (Å²) in [6.07, 6.45) is -4.69. The highest BCUT2D eigenvalue weighted by Crippen LogP contribution is 2.31. The van der Waals surface area contributed by atoms with Crippen molar-refractivity contribution in [3.05, 3.63) is 53.6 Å². The van der Waals surface area contributed by atoms with Gasteiger partial charge in [0.1, 0.15) is 0 Å². The van der Waals surface area contributed by atoms with Crippen LogP contribution in [0.3, 0.4) is 0 Å². The monoisotopic (exact) mass is 422 g/mol. The second-order valence-corrected chi connectivity index (χ2v) is 9.73. The van der Waals surface area contributed by atoms with Crippen molar-refractivity contribution in [2.45, 2.75) is 22.9 Å². The highest BCUT2D eigenvalue weighted by Gasteiger charge is 2.31. The van der Waals surface area contributed by atoms with Crippen LogP contribution in [-0.2, 0) is 26.2 Å². The minimum Gasteiger partial charge on any atom is -0.279 e. The molecule has 0 aliphatic heterocycles. The van der Waals surface area contributed by atoms with E-state index in [2.05, 4.69) is 4.72 Å². The van der Waals surface area contributed by atoms with E-state index < -0.39 is 36.7 Å². The first-order chi connectivity index (χ1) is 12.2. The van der Waals surface area contributed by atoms with Crippen molar-refractivity contribution >= 4 is 25.7 Å². The molecule has 0 unspecified atom stereocenters. The lowest BCUT2D eigenvalue weighted by atomic mass is 10.2. The molecule has 0 bridgehead atoms. The summed E-state index contributed by atoms with van der Waals surface area (Å²) < 4.78 is 91.0. The normalized spacial score (nSPS) is 13.0. The van der Waals surface area contributed by atoms with Crippen molar-refractivity contribution in [2.24, 2.45) is 0 Å². The van der Waals surface area contributed by atoms with Gasteiger partial charge in [0.2, 0.25) is 10.0 Å². The molecule has 2 aromatic carbocycles. The Balaban J connectivity index is 2.47. The zero-order valence-corrected chi connectivity index (χ0v) is 16.2. The molecule has 0 saturated heterocycles. The number of hydrogen-bond acceptors (Lipinski definition) is 4. The van der Waals surface area contributed by atoms with Crippen molar-refractivity contribution in [3.63, 3.8) is 0 Å². The lowest BCUT2D eigenvalue weighted by Crippen LogP contribution is -2.22. The van der Waals surface area contributed by atoms with Crippen LogP contribution in [-0.4, -0.2) is 35.2 Å². The Morgan fingerprint density at radius 2 is 1.56 bits per heavy atom. The van der Waals surface area contributed by atoms with Crippen molar-refractivity contribution in [3.8, 4) is 0 Å². The number of hydrogen-bond donors (Lipinski definition) is 1. The number of alkyl halides is 3. The van der Waals surface area contributed by atoms with E-state index in [1.54, 1.807) is 0 Å². The van der Waals surface area contributed by atoms with Gasteiger partial charge in [0.25, 0.3) is 10.0 Å². The molecule has 0 aliphatic rings. The Hall–Kier alpha value is -2.11. The van der Waals surface area contributed by atoms with E-state index in [9.17, 15) is 30.0 Å². The second-order valence-electron chi connectivity index (χ2n) is 5.90. The van der Waals surface area contributed by atoms with Crippen LogP contribution in [0.5, 0.6) is 0 Å². The average molecular weight is 422 g/mol. The Kier molecular flexibility index (Phi) is 5.60. The highest BCUT2D eigenvalue weighted by molar-refractivity contribution is 7.92. The topological polar surface area (TPSA) is 83.6 Å².